The van der Waals surface area contributed by atoms with Gasteiger partial charge in [0.05, 0.1) is 17.4 Å². The second kappa shape index (κ2) is 5.85. The van der Waals surface area contributed by atoms with Crippen molar-refractivity contribution in [1.82, 2.24) is 9.78 Å². The zero-order valence-electron chi connectivity index (χ0n) is 11.4. The SMILES string of the molecule is CCOC1(C(O)Cc2ccn(C)n2)CCCCC1. The van der Waals surface area contributed by atoms with Crippen LogP contribution >= 0.6 is 0 Å². The van der Waals surface area contributed by atoms with Crippen LogP contribution in [-0.4, -0.2) is 33.2 Å². The third-order valence-electron chi connectivity index (χ3n) is 3.91. The highest BCUT2D eigenvalue weighted by Gasteiger charge is 2.39. The third kappa shape index (κ3) is 2.93. The van der Waals surface area contributed by atoms with Gasteiger partial charge in [-0.15, -0.1) is 0 Å². The first-order valence-corrected chi connectivity index (χ1v) is 6.97. The second-order valence-corrected chi connectivity index (χ2v) is 5.26. The van der Waals surface area contributed by atoms with E-state index in [1.54, 1.807) is 4.68 Å². The van der Waals surface area contributed by atoms with Gasteiger partial charge in [0.15, 0.2) is 0 Å². The maximum absolute atomic E-state index is 10.5. The Hall–Kier alpha value is -0.870. The Morgan fingerprint density at radius 3 is 2.72 bits per heavy atom. The molecule has 0 radical (unpaired) electrons. The van der Waals surface area contributed by atoms with Gasteiger partial charge >= 0.3 is 0 Å². The van der Waals surface area contributed by atoms with Crippen LogP contribution < -0.4 is 0 Å². The van der Waals surface area contributed by atoms with Crippen molar-refractivity contribution < 1.29 is 9.84 Å². The highest BCUT2D eigenvalue weighted by molar-refractivity contribution is 5.04. The Morgan fingerprint density at radius 2 is 2.17 bits per heavy atom. The molecule has 0 amide bonds. The van der Waals surface area contributed by atoms with Gasteiger partial charge in [-0.1, -0.05) is 19.3 Å². The van der Waals surface area contributed by atoms with E-state index in [-0.39, 0.29) is 5.60 Å². The summed E-state index contributed by atoms with van der Waals surface area (Å²) >= 11 is 0. The summed E-state index contributed by atoms with van der Waals surface area (Å²) in [5.74, 6) is 0. The van der Waals surface area contributed by atoms with E-state index in [1.807, 2.05) is 26.2 Å². The largest absolute Gasteiger partial charge is 0.390 e. The molecule has 1 unspecified atom stereocenters. The molecule has 1 aromatic rings. The molecule has 1 aliphatic rings. The number of nitrogens with zero attached hydrogens (tertiary/aromatic N) is 2. The lowest BCUT2D eigenvalue weighted by atomic mass is 9.79. The summed E-state index contributed by atoms with van der Waals surface area (Å²) in [6.45, 7) is 2.67. The minimum absolute atomic E-state index is 0.343. The fourth-order valence-electron chi connectivity index (χ4n) is 2.97. The maximum atomic E-state index is 10.5. The number of rotatable bonds is 5. The molecule has 0 saturated heterocycles. The lowest BCUT2D eigenvalue weighted by Crippen LogP contribution is -2.47. The van der Waals surface area contributed by atoms with Crippen molar-refractivity contribution in [2.45, 2.75) is 57.2 Å². The highest BCUT2D eigenvalue weighted by atomic mass is 16.5. The average Bonchev–Trinajstić information content (AvgIpc) is 2.76. The summed E-state index contributed by atoms with van der Waals surface area (Å²) in [5.41, 5.74) is 0.597. The zero-order chi connectivity index (χ0) is 13.0. The first kappa shape index (κ1) is 13.6. The molecule has 1 saturated carbocycles. The molecule has 0 aliphatic heterocycles. The van der Waals surface area contributed by atoms with Gasteiger partial charge in [-0.3, -0.25) is 4.68 Å². The number of aromatic nitrogens is 2. The molecule has 1 atom stereocenters. The summed E-state index contributed by atoms with van der Waals surface area (Å²) < 4.78 is 7.70. The van der Waals surface area contributed by atoms with E-state index in [9.17, 15) is 5.11 Å². The Labute approximate surface area is 109 Å². The van der Waals surface area contributed by atoms with Crippen LogP contribution in [0.25, 0.3) is 0 Å². The molecular weight excluding hydrogens is 228 g/mol. The van der Waals surface area contributed by atoms with Crippen molar-refractivity contribution in [3.05, 3.63) is 18.0 Å². The minimum atomic E-state index is -0.451. The molecular formula is C14H24N2O2. The number of aliphatic hydroxyl groups excluding tert-OH is 1. The van der Waals surface area contributed by atoms with Crippen LogP contribution in [0.5, 0.6) is 0 Å². The van der Waals surface area contributed by atoms with E-state index >= 15 is 0 Å². The molecule has 1 heterocycles. The molecule has 0 spiro atoms. The Bertz CT molecular complexity index is 364. The summed E-state index contributed by atoms with van der Waals surface area (Å²) in [5, 5.41) is 14.9. The molecule has 1 fully saturated rings. The van der Waals surface area contributed by atoms with E-state index < -0.39 is 6.10 Å². The molecule has 0 aromatic carbocycles. The van der Waals surface area contributed by atoms with Crippen LogP contribution in [0.1, 0.15) is 44.7 Å². The zero-order valence-corrected chi connectivity index (χ0v) is 11.4. The lowest BCUT2D eigenvalue weighted by molar-refractivity contribution is -0.139. The van der Waals surface area contributed by atoms with Gasteiger partial charge < -0.3 is 9.84 Å². The van der Waals surface area contributed by atoms with Gasteiger partial charge in [0, 0.05) is 26.3 Å². The van der Waals surface area contributed by atoms with E-state index in [0.29, 0.717) is 13.0 Å². The van der Waals surface area contributed by atoms with Crippen molar-refractivity contribution in [1.29, 1.82) is 0 Å². The third-order valence-corrected chi connectivity index (χ3v) is 3.91. The molecule has 4 heteroatoms. The smallest absolute Gasteiger partial charge is 0.0943 e. The highest BCUT2D eigenvalue weighted by Crippen LogP contribution is 2.35. The first-order valence-electron chi connectivity index (χ1n) is 6.97. The van der Waals surface area contributed by atoms with Gasteiger partial charge in [-0.25, -0.2) is 0 Å². The molecule has 1 N–H and O–H groups in total. The maximum Gasteiger partial charge on any atom is 0.0943 e. The van der Waals surface area contributed by atoms with Crippen LogP contribution in [0, 0.1) is 0 Å². The standard InChI is InChI=1S/C14H24N2O2/c1-3-18-14(8-5-4-6-9-14)13(17)11-12-7-10-16(2)15-12/h7,10,13,17H,3-6,8-9,11H2,1-2H3. The van der Waals surface area contributed by atoms with E-state index in [0.717, 1.165) is 31.4 Å². The van der Waals surface area contributed by atoms with Gasteiger partial charge in [0.1, 0.15) is 0 Å². The summed E-state index contributed by atoms with van der Waals surface area (Å²) in [6, 6.07) is 1.96. The van der Waals surface area contributed by atoms with Crippen LogP contribution in [0.2, 0.25) is 0 Å². The van der Waals surface area contributed by atoms with E-state index in [1.165, 1.54) is 6.42 Å². The van der Waals surface area contributed by atoms with E-state index in [4.69, 9.17) is 4.74 Å². The molecule has 2 rings (SSSR count). The predicted molar refractivity (Wildman–Crippen MR) is 70.4 cm³/mol. The Balaban J connectivity index is 2.05. The van der Waals surface area contributed by atoms with Crippen molar-refractivity contribution in [3.8, 4) is 0 Å². The fraction of sp³-hybridized carbons (Fsp3) is 0.786. The van der Waals surface area contributed by atoms with E-state index in [2.05, 4.69) is 5.10 Å². The Kier molecular flexibility index (Phi) is 4.40. The fourth-order valence-corrected chi connectivity index (χ4v) is 2.97. The van der Waals surface area contributed by atoms with Gasteiger partial charge in [0.2, 0.25) is 0 Å². The number of hydrogen-bond donors (Lipinski definition) is 1. The molecule has 102 valence electrons. The average molecular weight is 252 g/mol. The first-order chi connectivity index (χ1) is 8.66. The van der Waals surface area contributed by atoms with Crippen molar-refractivity contribution in [3.63, 3.8) is 0 Å². The number of aliphatic hydroxyl groups is 1. The Morgan fingerprint density at radius 1 is 1.44 bits per heavy atom. The molecule has 1 aliphatic carbocycles. The van der Waals surface area contributed by atoms with Gasteiger partial charge in [-0.2, -0.15) is 5.10 Å². The summed E-state index contributed by atoms with van der Waals surface area (Å²) in [6.07, 6.45) is 7.54. The number of aryl methyl sites for hydroxylation is 1. The predicted octanol–water partition coefficient (Wildman–Crippen LogP) is 2.06. The van der Waals surface area contributed by atoms with Gasteiger partial charge in [0.25, 0.3) is 0 Å². The number of ether oxygens (including phenoxy) is 1. The molecule has 0 bridgehead atoms. The quantitative estimate of drug-likeness (QED) is 0.872. The summed E-state index contributed by atoms with van der Waals surface area (Å²) in [4.78, 5) is 0. The summed E-state index contributed by atoms with van der Waals surface area (Å²) in [7, 11) is 1.90. The normalized spacial score (nSPS) is 20.8. The second-order valence-electron chi connectivity index (χ2n) is 5.26. The van der Waals surface area contributed by atoms with Crippen molar-refractivity contribution >= 4 is 0 Å². The van der Waals surface area contributed by atoms with Crippen LogP contribution in [0.4, 0.5) is 0 Å². The van der Waals surface area contributed by atoms with Crippen LogP contribution in [0.15, 0.2) is 12.3 Å². The minimum Gasteiger partial charge on any atom is -0.390 e. The van der Waals surface area contributed by atoms with Crippen molar-refractivity contribution in [2.24, 2.45) is 7.05 Å². The molecule has 4 nitrogen and oxygen atoms in total. The lowest BCUT2D eigenvalue weighted by Gasteiger charge is -2.40. The molecule has 1 aromatic heterocycles. The number of hydrogen-bond acceptors (Lipinski definition) is 3. The molecule has 18 heavy (non-hydrogen) atoms. The van der Waals surface area contributed by atoms with Gasteiger partial charge in [-0.05, 0) is 25.8 Å². The van der Waals surface area contributed by atoms with Crippen molar-refractivity contribution in [2.75, 3.05) is 6.61 Å². The monoisotopic (exact) mass is 252 g/mol. The topological polar surface area (TPSA) is 47.3 Å². The van der Waals surface area contributed by atoms with Crippen LogP contribution in [0.3, 0.4) is 0 Å². The van der Waals surface area contributed by atoms with Crippen LogP contribution in [-0.2, 0) is 18.2 Å².